The van der Waals surface area contributed by atoms with Crippen molar-refractivity contribution < 1.29 is 14.9 Å². The van der Waals surface area contributed by atoms with Gasteiger partial charge in [0.25, 0.3) is 0 Å². The number of aromatic nitrogens is 2. The van der Waals surface area contributed by atoms with Crippen LogP contribution in [0.4, 0.5) is 5.95 Å². The Kier molecular flexibility index (Phi) is 3.91. The van der Waals surface area contributed by atoms with Crippen molar-refractivity contribution >= 4 is 22.6 Å². The molecule has 2 bridgehead atoms. The van der Waals surface area contributed by atoms with Gasteiger partial charge in [-0.3, -0.25) is 0 Å². The van der Waals surface area contributed by atoms with Gasteiger partial charge in [0.15, 0.2) is 5.95 Å². The van der Waals surface area contributed by atoms with Crippen LogP contribution < -0.4 is 5.73 Å². The van der Waals surface area contributed by atoms with E-state index in [1.54, 1.807) is 0 Å². The average Bonchev–Trinajstić information content (AvgIpc) is 3.13. The van der Waals surface area contributed by atoms with Crippen LogP contribution in [0, 0.1) is 22.7 Å². The highest BCUT2D eigenvalue weighted by molar-refractivity contribution is 5.84. The summed E-state index contributed by atoms with van der Waals surface area (Å²) in [6.45, 7) is 2.43. The lowest BCUT2D eigenvalue weighted by molar-refractivity contribution is -0.248. The van der Waals surface area contributed by atoms with Crippen molar-refractivity contribution in [3.8, 4) is 0 Å². The van der Waals surface area contributed by atoms with Crippen LogP contribution in [0.3, 0.4) is 0 Å². The van der Waals surface area contributed by atoms with Crippen LogP contribution in [0.25, 0.3) is 16.6 Å². The molecule has 36 heavy (non-hydrogen) atoms. The molecular weight excluding hydrogens is 452 g/mol. The Bertz CT molecular complexity index is 1380. The minimum atomic E-state index is -0.736. The zero-order chi connectivity index (χ0) is 24.8. The third-order valence-corrected chi connectivity index (χ3v) is 11.5. The van der Waals surface area contributed by atoms with Crippen molar-refractivity contribution in [1.82, 2.24) is 14.9 Å². The number of hydrogen-bond acceptors (Lipinski definition) is 6. The monoisotopic (exact) mass is 488 g/mol. The van der Waals surface area contributed by atoms with Gasteiger partial charge >= 0.3 is 0 Å². The third-order valence-electron chi connectivity index (χ3n) is 11.5. The van der Waals surface area contributed by atoms with Gasteiger partial charge in [-0.25, -0.2) is 4.98 Å². The van der Waals surface area contributed by atoms with E-state index >= 15 is 0 Å². The maximum atomic E-state index is 11.5. The number of nitrogens with two attached hydrogens (primary N) is 1. The standard InChI is InChI=1S/C29H36N4O3/c1-26-9-8-17-18-13-28(18)24(35)23(34)21(33(2)3)14-27(28)10-11-29(17,36-27)22(26)7-5-16(26)15-4-6-19-20(12-15)32-25(30)31-19/h4-6,8,12,18,21-24,34-35H,7,9-11,13-14H2,1-3H3,(H3,30,31,32)/t18?,21-,22?,23+,24-,26+,27+,28?,29+/m0/s1. The molecule has 9 atom stereocenters. The van der Waals surface area contributed by atoms with Crippen molar-refractivity contribution in [2.45, 2.75) is 74.9 Å². The first-order valence-corrected chi connectivity index (χ1v) is 13.5. The molecule has 6 aliphatic rings. The molecule has 7 heteroatoms. The Morgan fingerprint density at radius 1 is 1.17 bits per heavy atom. The second-order valence-corrected chi connectivity index (χ2v) is 13.0. The summed E-state index contributed by atoms with van der Waals surface area (Å²) in [5.74, 6) is 1.16. The molecular formula is C29H36N4O3. The van der Waals surface area contributed by atoms with Gasteiger partial charge < -0.3 is 30.6 Å². The fraction of sp³-hybridized carbons (Fsp3) is 0.621. The van der Waals surface area contributed by atoms with Crippen molar-refractivity contribution in [3.05, 3.63) is 41.5 Å². The molecule has 2 aliphatic heterocycles. The first kappa shape index (κ1) is 21.9. The molecule has 3 spiro atoms. The van der Waals surface area contributed by atoms with Crippen LogP contribution in [0.1, 0.15) is 51.0 Å². The predicted octanol–water partition coefficient (Wildman–Crippen LogP) is 3.25. The summed E-state index contributed by atoms with van der Waals surface area (Å²) in [6.07, 6.45) is 9.15. The molecule has 1 aromatic heterocycles. The number of anilines is 1. The number of H-pyrrole nitrogens is 1. The molecule has 2 saturated carbocycles. The summed E-state index contributed by atoms with van der Waals surface area (Å²) in [7, 11) is 4.01. The second-order valence-electron chi connectivity index (χ2n) is 13.0. The van der Waals surface area contributed by atoms with Gasteiger partial charge in [-0.2, -0.15) is 0 Å². The van der Waals surface area contributed by atoms with Gasteiger partial charge in [0, 0.05) is 22.8 Å². The third kappa shape index (κ3) is 2.25. The first-order chi connectivity index (χ1) is 17.2. The second kappa shape index (κ2) is 6.44. The van der Waals surface area contributed by atoms with E-state index in [0.717, 1.165) is 49.6 Å². The SMILES string of the molecule is CN(C)[C@H]1C[C@@]23CC[C@@]4(O2)C(=CC[C@]2(C)C(c5ccc6nc(N)[nH]c6c5)=CCC24)C2CC23[C@@H](O)[C@@H]1O. The molecule has 4 fully saturated rings. The molecule has 3 heterocycles. The Morgan fingerprint density at radius 2 is 2.00 bits per heavy atom. The Hall–Kier alpha value is -2.19. The highest BCUT2D eigenvalue weighted by atomic mass is 16.5. The Balaban J connectivity index is 1.21. The lowest BCUT2D eigenvalue weighted by Gasteiger charge is -2.59. The number of fused-ring (bicyclic) bond motifs is 3. The molecule has 0 radical (unpaired) electrons. The highest BCUT2D eigenvalue weighted by Gasteiger charge is 2.84. The van der Waals surface area contributed by atoms with E-state index < -0.39 is 12.2 Å². The number of allylic oxidation sites excluding steroid dienone is 3. The molecule has 2 saturated heterocycles. The van der Waals surface area contributed by atoms with Crippen LogP contribution >= 0.6 is 0 Å². The topological polar surface area (TPSA) is 108 Å². The number of nitrogens with one attached hydrogen (secondary N) is 1. The minimum absolute atomic E-state index is 0.0170. The van der Waals surface area contributed by atoms with E-state index in [9.17, 15) is 10.2 Å². The van der Waals surface area contributed by atoms with Gasteiger partial charge in [0.2, 0.25) is 0 Å². The first-order valence-electron chi connectivity index (χ1n) is 13.5. The van der Waals surface area contributed by atoms with Crippen LogP contribution in [0.2, 0.25) is 0 Å². The number of hydrogen-bond donors (Lipinski definition) is 4. The number of likely N-dealkylation sites (N-methyl/N-ethyl adjacent to an activating group) is 1. The Labute approximate surface area is 211 Å². The smallest absolute Gasteiger partial charge is 0.198 e. The van der Waals surface area contributed by atoms with E-state index in [-0.39, 0.29) is 28.1 Å². The summed E-state index contributed by atoms with van der Waals surface area (Å²) in [5, 5.41) is 22.6. The van der Waals surface area contributed by atoms with Crippen LogP contribution in [-0.2, 0) is 4.74 Å². The minimum Gasteiger partial charge on any atom is -0.390 e. The summed E-state index contributed by atoms with van der Waals surface area (Å²) < 4.78 is 7.43. The van der Waals surface area contributed by atoms with Gasteiger partial charge in [-0.15, -0.1) is 0 Å². The molecule has 3 unspecified atom stereocenters. The van der Waals surface area contributed by atoms with Crippen LogP contribution in [0.5, 0.6) is 0 Å². The van der Waals surface area contributed by atoms with E-state index in [2.05, 4.69) is 52.1 Å². The van der Waals surface area contributed by atoms with Crippen LogP contribution in [0.15, 0.2) is 35.9 Å². The zero-order valence-electron chi connectivity index (χ0n) is 21.3. The number of rotatable bonds is 2. The zero-order valence-corrected chi connectivity index (χ0v) is 21.3. The molecule has 0 amide bonds. The van der Waals surface area contributed by atoms with Gasteiger partial charge in [-0.05, 0) is 87.4 Å². The normalized spacial score (nSPS) is 48.2. The molecule has 8 rings (SSSR count). The Morgan fingerprint density at radius 3 is 2.81 bits per heavy atom. The molecule has 190 valence electrons. The highest BCUT2D eigenvalue weighted by Crippen LogP contribution is 2.81. The van der Waals surface area contributed by atoms with E-state index in [4.69, 9.17) is 10.5 Å². The largest absolute Gasteiger partial charge is 0.390 e. The van der Waals surface area contributed by atoms with Gasteiger partial charge in [0.1, 0.15) is 0 Å². The summed E-state index contributed by atoms with van der Waals surface area (Å²) in [5.41, 5.74) is 10.9. The summed E-state index contributed by atoms with van der Waals surface area (Å²) in [4.78, 5) is 9.64. The number of aromatic amines is 1. The van der Waals surface area contributed by atoms with Gasteiger partial charge in [0.05, 0.1) is 34.4 Å². The number of imidazole rings is 1. The molecule has 7 nitrogen and oxygen atoms in total. The van der Waals surface area contributed by atoms with Crippen molar-refractivity contribution in [2.24, 2.45) is 22.7 Å². The van der Waals surface area contributed by atoms with Crippen molar-refractivity contribution in [3.63, 3.8) is 0 Å². The lowest BCUT2D eigenvalue weighted by atomic mass is 9.57. The number of aliphatic hydroxyl groups is 2. The quantitative estimate of drug-likeness (QED) is 0.484. The van der Waals surface area contributed by atoms with Gasteiger partial charge in [-0.1, -0.05) is 25.1 Å². The van der Waals surface area contributed by atoms with Crippen LogP contribution in [-0.4, -0.2) is 68.6 Å². The summed E-state index contributed by atoms with van der Waals surface area (Å²) >= 11 is 0. The molecule has 2 aromatic rings. The number of nitrogens with zero attached hydrogens (tertiary/aromatic N) is 2. The fourth-order valence-electron chi connectivity index (χ4n) is 9.83. The van der Waals surface area contributed by atoms with Crippen molar-refractivity contribution in [1.29, 1.82) is 0 Å². The maximum absolute atomic E-state index is 11.5. The maximum Gasteiger partial charge on any atom is 0.198 e. The molecule has 1 aromatic carbocycles. The summed E-state index contributed by atoms with van der Waals surface area (Å²) in [6, 6.07) is 6.35. The van der Waals surface area contributed by atoms with E-state index in [0.29, 0.717) is 17.8 Å². The van der Waals surface area contributed by atoms with E-state index in [1.807, 2.05) is 14.1 Å². The average molecular weight is 489 g/mol. The number of benzene rings is 1. The molecule has 5 N–H and O–H groups in total. The fourth-order valence-corrected chi connectivity index (χ4v) is 9.83. The number of ether oxygens (including phenoxy) is 1. The number of nitrogen functional groups attached to an aromatic ring is 1. The van der Waals surface area contributed by atoms with Crippen molar-refractivity contribution in [2.75, 3.05) is 19.8 Å². The number of aliphatic hydroxyl groups excluding tert-OH is 2. The molecule has 4 aliphatic carbocycles. The lowest BCUT2D eigenvalue weighted by Crippen LogP contribution is -2.67. The van der Waals surface area contributed by atoms with E-state index in [1.165, 1.54) is 16.7 Å². The predicted molar refractivity (Wildman–Crippen MR) is 138 cm³/mol.